The average Bonchev–Trinajstić information content (AvgIpc) is 3.18. The zero-order chi connectivity index (χ0) is 21.9. The average molecular weight is 436 g/mol. The molecule has 2 fully saturated rings. The number of fused-ring (bicyclic) bond motifs is 1. The molecule has 1 unspecified atom stereocenters. The van der Waals surface area contributed by atoms with Crippen LogP contribution in [0.3, 0.4) is 0 Å². The summed E-state index contributed by atoms with van der Waals surface area (Å²) in [5.74, 6) is 0.269. The van der Waals surface area contributed by atoms with Gasteiger partial charge in [0.1, 0.15) is 12.2 Å². The third kappa shape index (κ3) is 6.12. The van der Waals surface area contributed by atoms with Crippen molar-refractivity contribution in [3.8, 4) is 5.88 Å². The van der Waals surface area contributed by atoms with Gasteiger partial charge in [-0.3, -0.25) is 4.79 Å². The molecule has 1 amide bonds. The molecule has 2 N–H and O–H groups in total. The molecule has 1 aliphatic heterocycles. The Labute approximate surface area is 181 Å². The lowest BCUT2D eigenvalue weighted by Gasteiger charge is -2.20. The lowest BCUT2D eigenvalue weighted by Crippen LogP contribution is -2.34. The fraction of sp³-hybridized carbons (Fsp3) is 0.571. The van der Waals surface area contributed by atoms with E-state index in [9.17, 15) is 9.59 Å². The fourth-order valence-corrected chi connectivity index (χ4v) is 4.51. The van der Waals surface area contributed by atoms with Gasteiger partial charge in [0, 0.05) is 36.8 Å². The smallest absolute Gasteiger partial charge is 0.407 e. The van der Waals surface area contributed by atoms with Crippen molar-refractivity contribution >= 4 is 24.0 Å². The first-order chi connectivity index (χ1) is 14.2. The Hall–Kier alpha value is -2.26. The molecule has 1 aromatic rings. The van der Waals surface area contributed by atoms with Crippen LogP contribution in [-0.4, -0.2) is 58.3 Å². The van der Waals surface area contributed by atoms with Gasteiger partial charge in [-0.2, -0.15) is 0 Å². The molecule has 9 heteroatoms. The first kappa shape index (κ1) is 22.4. The summed E-state index contributed by atoms with van der Waals surface area (Å²) in [7, 11) is 0. The predicted octanol–water partition coefficient (Wildman–Crippen LogP) is 3.20. The maximum absolute atomic E-state index is 11.8. The minimum atomic E-state index is -0.667. The Kier molecular flexibility index (Phi) is 6.92. The van der Waals surface area contributed by atoms with Crippen molar-refractivity contribution in [3.63, 3.8) is 0 Å². The van der Waals surface area contributed by atoms with E-state index < -0.39 is 17.7 Å². The molecule has 1 saturated carbocycles. The summed E-state index contributed by atoms with van der Waals surface area (Å²) >= 11 is 1.60. The van der Waals surface area contributed by atoms with Gasteiger partial charge in [-0.15, -0.1) is 0 Å². The van der Waals surface area contributed by atoms with Crippen LogP contribution in [0.5, 0.6) is 5.88 Å². The Morgan fingerprint density at radius 2 is 2.03 bits per heavy atom. The van der Waals surface area contributed by atoms with Crippen molar-refractivity contribution in [2.45, 2.75) is 38.2 Å². The van der Waals surface area contributed by atoms with Crippen LogP contribution in [0.4, 0.5) is 4.79 Å². The van der Waals surface area contributed by atoms with E-state index in [4.69, 9.17) is 14.6 Å². The minimum absolute atomic E-state index is 0.152. The number of carboxylic acids is 1. The Balaban J connectivity index is 1.39. The number of alkyl carbamates (subject to hydrolysis) is 1. The molecular weight excluding hydrogens is 406 g/mol. The van der Waals surface area contributed by atoms with E-state index in [1.54, 1.807) is 18.1 Å². The molecule has 2 heterocycles. The second-order valence-corrected chi connectivity index (χ2v) is 9.72. The molecule has 164 valence electrons. The van der Waals surface area contributed by atoms with E-state index in [1.165, 1.54) is 0 Å². The Bertz CT molecular complexity index is 794. The van der Waals surface area contributed by atoms with Gasteiger partial charge in [-0.25, -0.2) is 14.1 Å². The molecule has 8 nitrogen and oxygen atoms in total. The second kappa shape index (κ2) is 9.26. The monoisotopic (exact) mass is 435 g/mol. The van der Waals surface area contributed by atoms with Crippen molar-refractivity contribution < 1.29 is 24.2 Å². The van der Waals surface area contributed by atoms with Gasteiger partial charge in [0.2, 0.25) is 5.88 Å². The van der Waals surface area contributed by atoms with Gasteiger partial charge in [-0.05, 0) is 63.1 Å². The summed E-state index contributed by atoms with van der Waals surface area (Å²) in [6, 6.07) is 3.76. The molecule has 1 saturated heterocycles. The number of allylic oxidation sites excluding steroid dienone is 1. The zero-order valence-corrected chi connectivity index (χ0v) is 18.6. The Morgan fingerprint density at radius 3 is 2.57 bits per heavy atom. The molecule has 0 spiro atoms. The van der Waals surface area contributed by atoms with Crippen LogP contribution in [-0.2, 0) is 9.53 Å². The van der Waals surface area contributed by atoms with Crippen molar-refractivity contribution in [2.24, 2.45) is 17.8 Å². The van der Waals surface area contributed by atoms with E-state index in [-0.39, 0.29) is 5.92 Å². The normalized spacial score (nSPS) is 23.6. The van der Waals surface area contributed by atoms with Crippen molar-refractivity contribution in [1.29, 1.82) is 0 Å². The van der Waals surface area contributed by atoms with Crippen LogP contribution < -0.4 is 10.1 Å². The van der Waals surface area contributed by atoms with Gasteiger partial charge in [-0.1, -0.05) is 6.08 Å². The molecule has 0 aromatic carbocycles. The van der Waals surface area contributed by atoms with Crippen LogP contribution in [0.25, 0.3) is 0 Å². The summed E-state index contributed by atoms with van der Waals surface area (Å²) in [5, 5.41) is 11.8. The molecule has 0 bridgehead atoms. The van der Waals surface area contributed by atoms with E-state index in [1.807, 2.05) is 45.9 Å². The number of carbonyl (C=O) groups is 2. The lowest BCUT2D eigenvalue weighted by molar-refractivity contribution is -0.139. The number of nitrogens with zero attached hydrogens (tertiary/aromatic N) is 2. The molecule has 0 radical (unpaired) electrons. The SMILES string of the molecule is C/C=C(\CNC(=O)OC(C)(C)C)COc1ccc(SN2C[C@@H]3C(C(=O)O)[C@@H]3C2)cn1. The lowest BCUT2D eigenvalue weighted by atomic mass is 10.2. The van der Waals surface area contributed by atoms with Gasteiger partial charge in [0.25, 0.3) is 0 Å². The van der Waals surface area contributed by atoms with Crippen LogP contribution in [0.2, 0.25) is 0 Å². The number of nitrogens with one attached hydrogen (secondary N) is 1. The number of hydrogen-bond acceptors (Lipinski definition) is 7. The van der Waals surface area contributed by atoms with Crippen molar-refractivity contribution in [2.75, 3.05) is 26.2 Å². The number of piperidine rings is 1. The number of amides is 1. The van der Waals surface area contributed by atoms with E-state index >= 15 is 0 Å². The molecule has 30 heavy (non-hydrogen) atoms. The van der Waals surface area contributed by atoms with Crippen LogP contribution >= 0.6 is 11.9 Å². The van der Waals surface area contributed by atoms with Crippen molar-refractivity contribution in [3.05, 3.63) is 30.0 Å². The minimum Gasteiger partial charge on any atom is -0.481 e. The number of aromatic nitrogens is 1. The maximum Gasteiger partial charge on any atom is 0.407 e. The van der Waals surface area contributed by atoms with E-state index in [0.717, 1.165) is 23.6 Å². The number of carbonyl (C=O) groups excluding carboxylic acids is 1. The van der Waals surface area contributed by atoms with Gasteiger partial charge >= 0.3 is 12.1 Å². The summed E-state index contributed by atoms with van der Waals surface area (Å²) in [4.78, 5) is 28.2. The fourth-order valence-electron chi connectivity index (χ4n) is 3.49. The molecule has 1 aliphatic carbocycles. The largest absolute Gasteiger partial charge is 0.481 e. The maximum atomic E-state index is 11.8. The molecule has 3 atom stereocenters. The highest BCUT2D eigenvalue weighted by Crippen LogP contribution is 2.53. The number of rotatable bonds is 8. The number of aliphatic carboxylic acids is 1. The number of hydrogen-bond donors (Lipinski definition) is 2. The molecule has 2 aliphatic rings. The summed E-state index contributed by atoms with van der Waals surface area (Å²) in [6.45, 7) is 9.61. The third-order valence-electron chi connectivity index (χ3n) is 5.06. The standard InChI is InChI=1S/C21H29N3O5S/c1-5-13(8-23-20(27)29-21(2,3)4)12-28-17-7-6-14(9-22-17)30-24-10-15-16(11-24)18(15)19(25)26/h5-7,9,15-16,18H,8,10-12H2,1-4H3,(H,23,27)(H,25,26)/b13-5+/t15-,16+,18?. The zero-order valence-electron chi connectivity index (χ0n) is 17.8. The molecular formula is C21H29N3O5S. The first-order valence-corrected chi connectivity index (χ1v) is 10.8. The van der Waals surface area contributed by atoms with Crippen molar-refractivity contribution in [1.82, 2.24) is 14.6 Å². The highest BCUT2D eigenvalue weighted by atomic mass is 32.2. The third-order valence-corrected chi connectivity index (χ3v) is 6.07. The molecule has 3 rings (SSSR count). The number of pyridine rings is 1. The van der Waals surface area contributed by atoms with E-state index in [2.05, 4.69) is 14.6 Å². The van der Waals surface area contributed by atoms with E-state index in [0.29, 0.717) is 30.9 Å². The summed E-state index contributed by atoms with van der Waals surface area (Å²) in [6.07, 6.45) is 3.19. The quantitative estimate of drug-likeness (QED) is 0.474. The first-order valence-electron chi connectivity index (χ1n) is 10.0. The highest BCUT2D eigenvalue weighted by Gasteiger charge is 2.59. The summed E-state index contributed by atoms with van der Waals surface area (Å²) in [5.41, 5.74) is 0.374. The highest BCUT2D eigenvalue weighted by molar-refractivity contribution is 7.97. The predicted molar refractivity (Wildman–Crippen MR) is 113 cm³/mol. The van der Waals surface area contributed by atoms with Crippen LogP contribution in [0, 0.1) is 17.8 Å². The molecule has 1 aromatic heterocycles. The van der Waals surface area contributed by atoms with Gasteiger partial charge in [0.15, 0.2) is 0 Å². The number of ether oxygens (including phenoxy) is 2. The van der Waals surface area contributed by atoms with Gasteiger partial charge in [0.05, 0.1) is 5.92 Å². The summed E-state index contributed by atoms with van der Waals surface area (Å²) < 4.78 is 13.1. The van der Waals surface area contributed by atoms with Gasteiger partial charge < -0.3 is 19.9 Å². The number of carboxylic acid groups (broad SMARTS) is 1. The topological polar surface area (TPSA) is 101 Å². The van der Waals surface area contributed by atoms with Crippen LogP contribution in [0.1, 0.15) is 27.7 Å². The second-order valence-electron chi connectivity index (χ2n) is 8.55. The Morgan fingerprint density at radius 1 is 1.33 bits per heavy atom. The van der Waals surface area contributed by atoms with Crippen LogP contribution in [0.15, 0.2) is 34.9 Å².